The number of benzene rings is 3. The van der Waals surface area contributed by atoms with Gasteiger partial charge in [0.1, 0.15) is 23.8 Å². The van der Waals surface area contributed by atoms with Gasteiger partial charge < -0.3 is 13.9 Å². The van der Waals surface area contributed by atoms with Crippen LogP contribution in [0.4, 0.5) is 13.2 Å². The molecule has 1 aromatic heterocycles. The number of hydrogen-bond donors (Lipinski definition) is 0. The monoisotopic (exact) mass is 515 g/mol. The standard InChI is InChI=1S/C27H21ClF3NO4/c1-34-21-5-3-2-4-16(21)12-13-32-14-20-22(35-15-32)11-10-19-24(33)23(17-6-8-18(28)9-7-17)26(27(29,30)31)36-25(19)20/h2-11H,12-15H2,1H3. The Morgan fingerprint density at radius 1 is 1.06 bits per heavy atom. The molecule has 0 radical (unpaired) electrons. The van der Waals surface area contributed by atoms with E-state index in [4.69, 9.17) is 25.5 Å². The van der Waals surface area contributed by atoms with Crippen molar-refractivity contribution in [3.05, 3.63) is 92.8 Å². The molecule has 1 aliphatic rings. The average molecular weight is 516 g/mol. The first kappa shape index (κ1) is 24.2. The van der Waals surface area contributed by atoms with Crippen LogP contribution >= 0.6 is 11.6 Å². The molecule has 1 aliphatic heterocycles. The van der Waals surface area contributed by atoms with Crippen LogP contribution < -0.4 is 14.9 Å². The predicted molar refractivity (Wildman–Crippen MR) is 131 cm³/mol. The van der Waals surface area contributed by atoms with Crippen molar-refractivity contribution >= 4 is 22.6 Å². The van der Waals surface area contributed by atoms with E-state index in [1.807, 2.05) is 29.2 Å². The zero-order valence-electron chi connectivity index (χ0n) is 19.2. The molecule has 3 aromatic carbocycles. The van der Waals surface area contributed by atoms with E-state index in [-0.39, 0.29) is 29.8 Å². The summed E-state index contributed by atoms with van der Waals surface area (Å²) in [6.07, 6.45) is -4.24. The molecule has 5 rings (SSSR count). The van der Waals surface area contributed by atoms with E-state index in [0.29, 0.717) is 29.3 Å². The number of methoxy groups -OCH3 is 1. The van der Waals surface area contributed by atoms with Gasteiger partial charge in [0.2, 0.25) is 11.2 Å². The second kappa shape index (κ2) is 9.52. The van der Waals surface area contributed by atoms with E-state index in [2.05, 4.69) is 0 Å². The molecule has 186 valence electrons. The van der Waals surface area contributed by atoms with Gasteiger partial charge in [-0.3, -0.25) is 9.69 Å². The lowest BCUT2D eigenvalue weighted by Gasteiger charge is -2.29. The van der Waals surface area contributed by atoms with Crippen LogP contribution in [0.1, 0.15) is 16.9 Å². The van der Waals surface area contributed by atoms with Gasteiger partial charge in [-0.1, -0.05) is 41.9 Å². The second-order valence-corrected chi connectivity index (χ2v) is 8.88. The minimum atomic E-state index is -4.88. The van der Waals surface area contributed by atoms with Crippen molar-refractivity contribution in [2.45, 2.75) is 19.1 Å². The molecule has 4 aromatic rings. The maximum atomic E-state index is 14.1. The van der Waals surface area contributed by atoms with Crippen molar-refractivity contribution in [1.82, 2.24) is 4.90 Å². The third kappa shape index (κ3) is 4.54. The first-order valence-electron chi connectivity index (χ1n) is 11.2. The highest BCUT2D eigenvalue weighted by atomic mass is 35.5. The Morgan fingerprint density at radius 3 is 2.53 bits per heavy atom. The van der Waals surface area contributed by atoms with Gasteiger partial charge in [0.05, 0.1) is 23.6 Å². The summed E-state index contributed by atoms with van der Waals surface area (Å²) in [7, 11) is 1.60. The van der Waals surface area contributed by atoms with Crippen molar-refractivity contribution in [1.29, 1.82) is 0 Å². The molecular weight excluding hydrogens is 495 g/mol. The van der Waals surface area contributed by atoms with E-state index in [9.17, 15) is 18.0 Å². The molecule has 0 N–H and O–H groups in total. The van der Waals surface area contributed by atoms with E-state index in [1.165, 1.54) is 30.3 Å². The van der Waals surface area contributed by atoms with Crippen LogP contribution in [0.2, 0.25) is 5.02 Å². The largest absolute Gasteiger partial charge is 0.496 e. The van der Waals surface area contributed by atoms with Crippen molar-refractivity contribution in [3.8, 4) is 22.6 Å². The van der Waals surface area contributed by atoms with Gasteiger partial charge in [-0.15, -0.1) is 0 Å². The number of ether oxygens (including phenoxy) is 2. The number of para-hydroxylation sites is 1. The smallest absolute Gasteiger partial charge is 0.450 e. The third-order valence-corrected chi connectivity index (χ3v) is 6.44. The van der Waals surface area contributed by atoms with Crippen molar-refractivity contribution in [2.75, 3.05) is 20.4 Å². The number of hydrogen-bond acceptors (Lipinski definition) is 5. The zero-order valence-corrected chi connectivity index (χ0v) is 19.9. The van der Waals surface area contributed by atoms with E-state index in [1.54, 1.807) is 13.2 Å². The Morgan fingerprint density at radius 2 is 1.81 bits per heavy atom. The van der Waals surface area contributed by atoms with Crippen LogP contribution in [0, 0.1) is 0 Å². The Hall–Kier alpha value is -3.49. The highest BCUT2D eigenvalue weighted by molar-refractivity contribution is 6.30. The number of alkyl halides is 3. The predicted octanol–water partition coefficient (Wildman–Crippen LogP) is 6.54. The molecule has 0 spiro atoms. The summed E-state index contributed by atoms with van der Waals surface area (Å²) in [6.45, 7) is 1.09. The molecule has 9 heteroatoms. The van der Waals surface area contributed by atoms with Crippen LogP contribution in [-0.4, -0.2) is 25.3 Å². The Bertz CT molecular complexity index is 1480. The molecule has 0 amide bonds. The van der Waals surface area contributed by atoms with Crippen LogP contribution in [0.25, 0.3) is 22.1 Å². The number of halogens is 4. The highest BCUT2D eigenvalue weighted by Gasteiger charge is 2.40. The Kier molecular flexibility index (Phi) is 6.40. The van der Waals surface area contributed by atoms with Gasteiger partial charge in [-0.2, -0.15) is 13.2 Å². The third-order valence-electron chi connectivity index (χ3n) is 6.18. The topological polar surface area (TPSA) is 51.9 Å². The lowest BCUT2D eigenvalue weighted by Crippen LogP contribution is -2.34. The molecule has 0 unspecified atom stereocenters. The van der Waals surface area contributed by atoms with Gasteiger partial charge >= 0.3 is 6.18 Å². The van der Waals surface area contributed by atoms with E-state index in [0.717, 1.165) is 11.3 Å². The molecule has 36 heavy (non-hydrogen) atoms. The van der Waals surface area contributed by atoms with Gasteiger partial charge in [0.15, 0.2) is 0 Å². The average Bonchev–Trinajstić information content (AvgIpc) is 2.87. The molecule has 0 aliphatic carbocycles. The summed E-state index contributed by atoms with van der Waals surface area (Å²) >= 11 is 5.89. The first-order chi connectivity index (χ1) is 17.3. The summed E-state index contributed by atoms with van der Waals surface area (Å²) < 4.78 is 59.0. The maximum absolute atomic E-state index is 14.1. The minimum absolute atomic E-state index is 0.0573. The van der Waals surface area contributed by atoms with Gasteiger partial charge in [-0.25, -0.2) is 0 Å². The van der Waals surface area contributed by atoms with E-state index < -0.39 is 22.9 Å². The van der Waals surface area contributed by atoms with Crippen molar-refractivity contribution < 1.29 is 27.1 Å². The Labute approximate surface area is 209 Å². The van der Waals surface area contributed by atoms with E-state index >= 15 is 0 Å². The van der Waals surface area contributed by atoms with Crippen LogP contribution in [0.15, 0.2) is 69.9 Å². The molecule has 5 nitrogen and oxygen atoms in total. The van der Waals surface area contributed by atoms with Crippen molar-refractivity contribution in [2.24, 2.45) is 0 Å². The number of rotatable bonds is 5. The van der Waals surface area contributed by atoms with Gasteiger partial charge in [-0.05, 0) is 47.9 Å². The minimum Gasteiger partial charge on any atom is -0.496 e. The summed E-state index contributed by atoms with van der Waals surface area (Å²) in [4.78, 5) is 15.3. The van der Waals surface area contributed by atoms with Gasteiger partial charge in [0, 0.05) is 18.1 Å². The van der Waals surface area contributed by atoms with Crippen LogP contribution in [-0.2, 0) is 19.1 Å². The van der Waals surface area contributed by atoms with Crippen LogP contribution in [0.3, 0.4) is 0 Å². The second-order valence-electron chi connectivity index (χ2n) is 8.45. The first-order valence-corrected chi connectivity index (χ1v) is 11.6. The summed E-state index contributed by atoms with van der Waals surface area (Å²) in [6, 6.07) is 16.3. The molecule has 0 saturated carbocycles. The van der Waals surface area contributed by atoms with Crippen LogP contribution in [0.5, 0.6) is 11.5 Å². The number of fused-ring (bicyclic) bond motifs is 3. The summed E-state index contributed by atoms with van der Waals surface area (Å²) in [5.41, 5.74) is 0.0572. The maximum Gasteiger partial charge on any atom is 0.450 e. The molecule has 0 atom stereocenters. The van der Waals surface area contributed by atoms with Crippen molar-refractivity contribution in [3.63, 3.8) is 0 Å². The fourth-order valence-electron chi connectivity index (χ4n) is 4.42. The summed E-state index contributed by atoms with van der Waals surface area (Å²) in [5.74, 6) is -0.190. The quantitative estimate of drug-likeness (QED) is 0.302. The number of nitrogens with zero attached hydrogens (tertiary/aromatic N) is 1. The summed E-state index contributed by atoms with van der Waals surface area (Å²) in [5, 5.41) is 0.402. The SMILES string of the molecule is COc1ccccc1CCN1COc2ccc3c(=O)c(-c4ccc(Cl)cc4)c(C(F)(F)F)oc3c2C1. The molecule has 0 saturated heterocycles. The van der Waals surface area contributed by atoms with Gasteiger partial charge in [0.25, 0.3) is 0 Å². The lowest BCUT2D eigenvalue weighted by atomic mass is 10.00. The fourth-order valence-corrected chi connectivity index (χ4v) is 4.55. The normalized spacial score (nSPS) is 13.9. The fraction of sp³-hybridized carbons (Fsp3) is 0.222. The lowest BCUT2D eigenvalue weighted by molar-refractivity contribution is -0.152. The Balaban J connectivity index is 1.56. The molecule has 0 fully saturated rings. The molecule has 0 bridgehead atoms. The highest BCUT2D eigenvalue weighted by Crippen LogP contribution is 2.40. The molecular formula is C27H21ClF3NO4. The molecule has 2 heterocycles. The zero-order chi connectivity index (χ0) is 25.4.